The van der Waals surface area contributed by atoms with Crippen LogP contribution in [0.25, 0.3) is 11.0 Å². The summed E-state index contributed by atoms with van der Waals surface area (Å²) in [6.45, 7) is 2.83. The van der Waals surface area contributed by atoms with Crippen LogP contribution in [0.3, 0.4) is 0 Å². The number of rotatable bonds is 3. The van der Waals surface area contributed by atoms with Crippen LogP contribution in [0.15, 0.2) is 42.6 Å². The molecule has 3 aromatic rings. The molecule has 0 unspecified atom stereocenters. The van der Waals surface area contributed by atoms with Gasteiger partial charge in [-0.05, 0) is 18.2 Å². The maximum atomic E-state index is 5.93. The van der Waals surface area contributed by atoms with Gasteiger partial charge in [0.1, 0.15) is 11.6 Å². The van der Waals surface area contributed by atoms with Crippen molar-refractivity contribution in [2.24, 2.45) is 0 Å². The lowest BCUT2D eigenvalue weighted by Crippen LogP contribution is -2.07. The highest BCUT2D eigenvalue weighted by atomic mass is 15.1. The van der Waals surface area contributed by atoms with E-state index in [4.69, 9.17) is 5.73 Å². The molecule has 2 N–H and O–H groups in total. The second-order valence-corrected chi connectivity index (χ2v) is 4.50. The fraction of sp³-hybridized carbons (Fsp3) is 0.200. The molecule has 0 saturated carbocycles. The van der Waals surface area contributed by atoms with Crippen LogP contribution in [-0.2, 0) is 13.0 Å². The second kappa shape index (κ2) is 4.72. The van der Waals surface area contributed by atoms with Crippen molar-refractivity contribution in [2.45, 2.75) is 19.9 Å². The van der Waals surface area contributed by atoms with Gasteiger partial charge in [-0.25, -0.2) is 9.97 Å². The normalized spacial score (nSPS) is 11.0. The lowest BCUT2D eigenvalue weighted by molar-refractivity contribution is 0.752. The van der Waals surface area contributed by atoms with E-state index in [-0.39, 0.29) is 0 Å². The molecule has 0 aliphatic carbocycles. The summed E-state index contributed by atoms with van der Waals surface area (Å²) < 4.78 is 2.21. The van der Waals surface area contributed by atoms with Gasteiger partial charge in [0, 0.05) is 18.2 Å². The summed E-state index contributed by atoms with van der Waals surface area (Å²) in [5.41, 5.74) is 9.13. The zero-order chi connectivity index (χ0) is 13.2. The lowest BCUT2D eigenvalue weighted by atomic mass is 10.2. The number of pyridine rings is 1. The Kier molecular flexibility index (Phi) is 2.91. The zero-order valence-corrected chi connectivity index (χ0v) is 10.9. The fourth-order valence-electron chi connectivity index (χ4n) is 2.33. The molecular formula is C15H16N4. The summed E-state index contributed by atoms with van der Waals surface area (Å²) >= 11 is 0. The van der Waals surface area contributed by atoms with Gasteiger partial charge in [-0.3, -0.25) is 0 Å². The first-order chi connectivity index (χ1) is 9.29. The Labute approximate surface area is 111 Å². The number of hydrogen-bond acceptors (Lipinski definition) is 3. The summed E-state index contributed by atoms with van der Waals surface area (Å²) in [6, 6.07) is 12.1. The van der Waals surface area contributed by atoms with E-state index in [1.165, 1.54) is 0 Å². The number of nitrogens with two attached hydrogens (primary N) is 1. The minimum Gasteiger partial charge on any atom is -0.383 e. The first-order valence-electron chi connectivity index (χ1n) is 6.43. The third kappa shape index (κ3) is 2.05. The summed E-state index contributed by atoms with van der Waals surface area (Å²) in [7, 11) is 0. The first kappa shape index (κ1) is 11.7. The van der Waals surface area contributed by atoms with Gasteiger partial charge in [-0.1, -0.05) is 25.1 Å². The van der Waals surface area contributed by atoms with E-state index in [0.29, 0.717) is 12.4 Å². The van der Waals surface area contributed by atoms with Crippen molar-refractivity contribution in [3.63, 3.8) is 0 Å². The maximum Gasteiger partial charge on any atom is 0.128 e. The molecule has 0 amide bonds. The summed E-state index contributed by atoms with van der Waals surface area (Å²) in [4.78, 5) is 8.80. The van der Waals surface area contributed by atoms with Crippen LogP contribution in [0, 0.1) is 0 Å². The van der Waals surface area contributed by atoms with E-state index in [0.717, 1.165) is 28.8 Å². The average molecular weight is 252 g/mol. The molecule has 0 fully saturated rings. The van der Waals surface area contributed by atoms with E-state index < -0.39 is 0 Å². The molecule has 3 rings (SSSR count). The number of fused-ring (bicyclic) bond motifs is 1. The van der Waals surface area contributed by atoms with E-state index in [2.05, 4.69) is 27.5 Å². The lowest BCUT2D eigenvalue weighted by Gasteiger charge is -2.09. The second-order valence-electron chi connectivity index (χ2n) is 4.50. The largest absolute Gasteiger partial charge is 0.383 e. The molecule has 0 saturated heterocycles. The third-order valence-electron chi connectivity index (χ3n) is 3.30. The molecule has 0 aliphatic rings. The van der Waals surface area contributed by atoms with Crippen LogP contribution < -0.4 is 5.73 Å². The molecule has 2 heterocycles. The number of imidazole rings is 1. The van der Waals surface area contributed by atoms with Crippen molar-refractivity contribution in [2.75, 3.05) is 5.73 Å². The van der Waals surface area contributed by atoms with Crippen molar-refractivity contribution in [3.05, 3.63) is 54.0 Å². The Hall–Kier alpha value is -2.36. The molecule has 0 bridgehead atoms. The van der Waals surface area contributed by atoms with Gasteiger partial charge in [-0.2, -0.15) is 0 Å². The van der Waals surface area contributed by atoms with Crippen LogP contribution in [0.4, 0.5) is 5.82 Å². The molecule has 1 aromatic carbocycles. The summed E-state index contributed by atoms with van der Waals surface area (Å²) in [6.07, 6.45) is 2.61. The van der Waals surface area contributed by atoms with Crippen LogP contribution in [-0.4, -0.2) is 14.5 Å². The van der Waals surface area contributed by atoms with Gasteiger partial charge in [-0.15, -0.1) is 0 Å². The minimum absolute atomic E-state index is 0.585. The standard InChI is InChI=1S/C15H16N4/c1-2-14-18-12-7-3-4-8-13(12)19(14)10-11-6-5-9-17-15(11)16/h3-9H,2,10H2,1H3,(H2,16,17). The smallest absolute Gasteiger partial charge is 0.128 e. The van der Waals surface area contributed by atoms with Gasteiger partial charge in [0.25, 0.3) is 0 Å². The number of nitrogen functional groups attached to an aromatic ring is 1. The molecule has 0 aliphatic heterocycles. The Bertz CT molecular complexity index is 715. The van der Waals surface area contributed by atoms with Crippen LogP contribution in [0.1, 0.15) is 18.3 Å². The predicted molar refractivity (Wildman–Crippen MR) is 76.9 cm³/mol. The number of benzene rings is 1. The molecule has 19 heavy (non-hydrogen) atoms. The van der Waals surface area contributed by atoms with Crippen molar-refractivity contribution in [3.8, 4) is 0 Å². The highest BCUT2D eigenvalue weighted by molar-refractivity contribution is 5.76. The Balaban J connectivity index is 2.12. The van der Waals surface area contributed by atoms with Crippen molar-refractivity contribution in [1.29, 1.82) is 0 Å². The molecular weight excluding hydrogens is 236 g/mol. The molecule has 96 valence electrons. The van der Waals surface area contributed by atoms with E-state index in [9.17, 15) is 0 Å². The van der Waals surface area contributed by atoms with E-state index >= 15 is 0 Å². The molecule has 4 heteroatoms. The molecule has 4 nitrogen and oxygen atoms in total. The number of aromatic nitrogens is 3. The average Bonchev–Trinajstić information content (AvgIpc) is 2.79. The van der Waals surface area contributed by atoms with Crippen molar-refractivity contribution >= 4 is 16.9 Å². The van der Waals surface area contributed by atoms with Crippen molar-refractivity contribution in [1.82, 2.24) is 14.5 Å². The molecule has 0 spiro atoms. The first-order valence-corrected chi connectivity index (χ1v) is 6.43. The highest BCUT2D eigenvalue weighted by Gasteiger charge is 2.10. The minimum atomic E-state index is 0.585. The van der Waals surface area contributed by atoms with Crippen molar-refractivity contribution < 1.29 is 0 Å². The number of aryl methyl sites for hydroxylation is 1. The molecule has 2 aromatic heterocycles. The van der Waals surface area contributed by atoms with Crippen LogP contribution >= 0.6 is 0 Å². The zero-order valence-electron chi connectivity index (χ0n) is 10.9. The Morgan fingerprint density at radius 2 is 2.00 bits per heavy atom. The monoisotopic (exact) mass is 252 g/mol. The summed E-state index contributed by atoms with van der Waals surface area (Å²) in [5.74, 6) is 1.66. The number of hydrogen-bond donors (Lipinski definition) is 1. The highest BCUT2D eigenvalue weighted by Crippen LogP contribution is 2.19. The Morgan fingerprint density at radius 3 is 2.79 bits per heavy atom. The quantitative estimate of drug-likeness (QED) is 0.779. The van der Waals surface area contributed by atoms with Crippen LogP contribution in [0.5, 0.6) is 0 Å². The van der Waals surface area contributed by atoms with Crippen LogP contribution in [0.2, 0.25) is 0 Å². The van der Waals surface area contributed by atoms with Gasteiger partial charge < -0.3 is 10.3 Å². The fourth-order valence-corrected chi connectivity index (χ4v) is 2.33. The third-order valence-corrected chi connectivity index (χ3v) is 3.30. The maximum absolute atomic E-state index is 5.93. The number of para-hydroxylation sites is 2. The van der Waals surface area contributed by atoms with Gasteiger partial charge in [0.05, 0.1) is 17.6 Å². The van der Waals surface area contributed by atoms with Gasteiger partial charge >= 0.3 is 0 Å². The van der Waals surface area contributed by atoms with Gasteiger partial charge in [0.15, 0.2) is 0 Å². The van der Waals surface area contributed by atoms with E-state index in [1.807, 2.05) is 30.3 Å². The number of nitrogens with zero attached hydrogens (tertiary/aromatic N) is 3. The summed E-state index contributed by atoms with van der Waals surface area (Å²) in [5, 5.41) is 0. The van der Waals surface area contributed by atoms with E-state index in [1.54, 1.807) is 6.20 Å². The topological polar surface area (TPSA) is 56.7 Å². The number of anilines is 1. The van der Waals surface area contributed by atoms with Gasteiger partial charge in [0.2, 0.25) is 0 Å². The predicted octanol–water partition coefficient (Wildman–Crippen LogP) is 2.62. The molecule has 0 radical (unpaired) electrons. The SMILES string of the molecule is CCc1nc2ccccc2n1Cc1cccnc1N. The molecule has 0 atom stereocenters. The Morgan fingerprint density at radius 1 is 1.16 bits per heavy atom.